The Morgan fingerprint density at radius 2 is 1.64 bits per heavy atom. The highest BCUT2D eigenvalue weighted by atomic mass is 32.2. The number of halogens is 2. The zero-order chi connectivity index (χ0) is 16.3. The van der Waals surface area contributed by atoms with Crippen LogP contribution in [0, 0.1) is 11.6 Å². The highest BCUT2D eigenvalue weighted by Crippen LogP contribution is 2.33. The molecule has 0 unspecified atom stereocenters. The Labute approximate surface area is 126 Å². The highest BCUT2D eigenvalue weighted by Gasteiger charge is 2.19. The summed E-state index contributed by atoms with van der Waals surface area (Å²) in [7, 11) is -1.47. The van der Waals surface area contributed by atoms with Crippen LogP contribution in [0.1, 0.15) is 0 Å². The maximum Gasteiger partial charge on any atom is 0.262 e. The molecule has 0 fully saturated rings. The van der Waals surface area contributed by atoms with Crippen molar-refractivity contribution in [3.05, 3.63) is 48.0 Å². The zero-order valence-electron chi connectivity index (χ0n) is 11.8. The molecule has 0 aliphatic carbocycles. The molecule has 0 heterocycles. The number of anilines is 1. The Morgan fingerprint density at radius 3 is 2.23 bits per heavy atom. The van der Waals surface area contributed by atoms with Crippen LogP contribution < -0.4 is 14.2 Å². The maximum absolute atomic E-state index is 13.9. The van der Waals surface area contributed by atoms with Crippen molar-refractivity contribution in [3.63, 3.8) is 0 Å². The van der Waals surface area contributed by atoms with Crippen molar-refractivity contribution in [3.8, 4) is 11.5 Å². The third kappa shape index (κ3) is 3.28. The summed E-state index contributed by atoms with van der Waals surface area (Å²) in [4.78, 5) is -0.318. The highest BCUT2D eigenvalue weighted by molar-refractivity contribution is 7.92. The molecular weight excluding hydrogens is 316 g/mol. The predicted molar refractivity (Wildman–Crippen MR) is 76.7 cm³/mol. The van der Waals surface area contributed by atoms with E-state index in [4.69, 9.17) is 9.47 Å². The lowest BCUT2D eigenvalue weighted by atomic mass is 10.2. The monoisotopic (exact) mass is 329 g/mol. The van der Waals surface area contributed by atoms with Crippen LogP contribution in [0.4, 0.5) is 14.5 Å². The number of hydrogen-bond donors (Lipinski definition) is 1. The number of benzene rings is 2. The number of methoxy groups -OCH3 is 2. The molecule has 0 aliphatic heterocycles. The lowest BCUT2D eigenvalue weighted by Crippen LogP contribution is -2.14. The van der Waals surface area contributed by atoms with Crippen LogP contribution >= 0.6 is 0 Å². The van der Waals surface area contributed by atoms with Crippen LogP contribution in [0.25, 0.3) is 0 Å². The van der Waals surface area contributed by atoms with Crippen molar-refractivity contribution in [1.82, 2.24) is 0 Å². The third-order valence-corrected chi connectivity index (χ3v) is 4.19. The lowest BCUT2D eigenvalue weighted by Gasteiger charge is -2.13. The molecule has 2 rings (SSSR count). The van der Waals surface area contributed by atoms with Gasteiger partial charge in [0.1, 0.15) is 5.82 Å². The smallest absolute Gasteiger partial charge is 0.262 e. The van der Waals surface area contributed by atoms with Gasteiger partial charge in [0, 0.05) is 12.1 Å². The second kappa shape index (κ2) is 6.18. The molecule has 5 nitrogen and oxygen atoms in total. The quantitative estimate of drug-likeness (QED) is 0.916. The van der Waals surface area contributed by atoms with Gasteiger partial charge in [-0.3, -0.25) is 4.72 Å². The van der Waals surface area contributed by atoms with E-state index in [1.165, 1.54) is 26.4 Å². The van der Waals surface area contributed by atoms with Crippen LogP contribution in [-0.4, -0.2) is 22.6 Å². The molecule has 0 saturated carbocycles. The van der Waals surface area contributed by atoms with Gasteiger partial charge in [-0.25, -0.2) is 17.2 Å². The predicted octanol–water partition coefficient (Wildman–Crippen LogP) is 2.78. The summed E-state index contributed by atoms with van der Waals surface area (Å²) in [5.41, 5.74) is -0.332. The summed E-state index contributed by atoms with van der Waals surface area (Å²) in [6.45, 7) is 0. The summed E-state index contributed by atoms with van der Waals surface area (Å²) < 4.78 is 63.3. The van der Waals surface area contributed by atoms with Crippen LogP contribution in [0.2, 0.25) is 0 Å². The Hall–Kier alpha value is -2.35. The van der Waals surface area contributed by atoms with Crippen molar-refractivity contribution in [2.75, 3.05) is 18.9 Å². The Kier molecular flexibility index (Phi) is 4.51. The fourth-order valence-electron chi connectivity index (χ4n) is 1.77. The minimum absolute atomic E-state index is 0.119. The molecule has 0 bridgehead atoms. The first-order chi connectivity index (χ1) is 10.4. The molecule has 22 heavy (non-hydrogen) atoms. The van der Waals surface area contributed by atoms with Crippen LogP contribution in [-0.2, 0) is 10.0 Å². The van der Waals surface area contributed by atoms with Gasteiger partial charge in [0.15, 0.2) is 17.3 Å². The SMILES string of the molecule is COc1cc(F)c(NS(=O)(=O)c2cccc(F)c2)cc1OC. The van der Waals surface area contributed by atoms with Gasteiger partial charge < -0.3 is 9.47 Å². The minimum Gasteiger partial charge on any atom is -0.493 e. The molecule has 0 atom stereocenters. The molecule has 2 aromatic rings. The van der Waals surface area contributed by atoms with E-state index in [0.717, 1.165) is 24.3 Å². The van der Waals surface area contributed by atoms with Gasteiger partial charge in [0.2, 0.25) is 0 Å². The average Bonchev–Trinajstić information content (AvgIpc) is 2.48. The zero-order valence-corrected chi connectivity index (χ0v) is 12.6. The largest absolute Gasteiger partial charge is 0.493 e. The average molecular weight is 329 g/mol. The minimum atomic E-state index is -4.13. The number of ether oxygens (including phenoxy) is 2. The van der Waals surface area contributed by atoms with Crippen molar-refractivity contribution < 1.29 is 26.7 Å². The van der Waals surface area contributed by atoms with E-state index in [2.05, 4.69) is 4.72 Å². The van der Waals surface area contributed by atoms with Crippen molar-refractivity contribution in [2.24, 2.45) is 0 Å². The van der Waals surface area contributed by atoms with E-state index >= 15 is 0 Å². The first-order valence-corrected chi connectivity index (χ1v) is 7.55. The lowest BCUT2D eigenvalue weighted by molar-refractivity contribution is 0.353. The molecule has 0 amide bonds. The fraction of sp³-hybridized carbons (Fsp3) is 0.143. The fourth-order valence-corrected chi connectivity index (χ4v) is 2.86. The van der Waals surface area contributed by atoms with Crippen molar-refractivity contribution in [1.29, 1.82) is 0 Å². The van der Waals surface area contributed by atoms with E-state index in [-0.39, 0.29) is 22.1 Å². The van der Waals surface area contributed by atoms with Gasteiger partial charge in [0.05, 0.1) is 24.8 Å². The standard InChI is InChI=1S/C14H13F2NO4S/c1-20-13-7-11(16)12(8-14(13)21-2)17-22(18,19)10-5-3-4-9(15)6-10/h3-8,17H,1-2H3. The second-order valence-electron chi connectivity index (χ2n) is 4.25. The van der Waals surface area contributed by atoms with E-state index in [1.807, 2.05) is 0 Å². The first-order valence-electron chi connectivity index (χ1n) is 6.07. The molecular formula is C14H13F2NO4S. The first kappa shape index (κ1) is 16.0. The second-order valence-corrected chi connectivity index (χ2v) is 5.93. The third-order valence-electron chi connectivity index (χ3n) is 2.82. The maximum atomic E-state index is 13.9. The van der Waals surface area contributed by atoms with E-state index in [0.29, 0.717) is 0 Å². The Balaban J connectivity index is 2.42. The molecule has 0 saturated heterocycles. The summed E-state index contributed by atoms with van der Waals surface area (Å²) >= 11 is 0. The van der Waals surface area contributed by atoms with Crippen molar-refractivity contribution >= 4 is 15.7 Å². The van der Waals surface area contributed by atoms with Crippen molar-refractivity contribution in [2.45, 2.75) is 4.90 Å². The number of sulfonamides is 1. The van der Waals surface area contributed by atoms with E-state index in [1.54, 1.807) is 0 Å². The van der Waals surface area contributed by atoms with Crippen LogP contribution in [0.5, 0.6) is 11.5 Å². The van der Waals surface area contributed by atoms with Crippen LogP contribution in [0.15, 0.2) is 41.3 Å². The molecule has 0 spiro atoms. The summed E-state index contributed by atoms with van der Waals surface area (Å²) in [5, 5.41) is 0. The molecule has 8 heteroatoms. The normalized spacial score (nSPS) is 11.1. The molecule has 0 radical (unpaired) electrons. The summed E-state index contributed by atoms with van der Waals surface area (Å²) in [5.74, 6) is -1.29. The molecule has 1 N–H and O–H groups in total. The van der Waals surface area contributed by atoms with Gasteiger partial charge in [0.25, 0.3) is 10.0 Å². The number of rotatable bonds is 5. The van der Waals surface area contributed by atoms with Gasteiger partial charge >= 0.3 is 0 Å². The molecule has 0 aliphatic rings. The van der Waals surface area contributed by atoms with Crippen LogP contribution in [0.3, 0.4) is 0 Å². The van der Waals surface area contributed by atoms with Gasteiger partial charge in [-0.05, 0) is 18.2 Å². The number of nitrogens with one attached hydrogen (secondary N) is 1. The molecule has 2 aromatic carbocycles. The van der Waals surface area contributed by atoms with E-state index < -0.39 is 21.7 Å². The van der Waals surface area contributed by atoms with Gasteiger partial charge in [-0.15, -0.1) is 0 Å². The Morgan fingerprint density at radius 1 is 1.00 bits per heavy atom. The molecule has 118 valence electrons. The topological polar surface area (TPSA) is 64.6 Å². The Bertz CT molecular complexity index is 793. The summed E-state index contributed by atoms with van der Waals surface area (Å²) in [6, 6.07) is 6.52. The molecule has 0 aromatic heterocycles. The van der Waals surface area contributed by atoms with E-state index in [9.17, 15) is 17.2 Å². The van der Waals surface area contributed by atoms with Gasteiger partial charge in [-0.1, -0.05) is 6.07 Å². The van der Waals surface area contributed by atoms with Gasteiger partial charge in [-0.2, -0.15) is 0 Å². The number of hydrogen-bond acceptors (Lipinski definition) is 4. The summed E-state index contributed by atoms with van der Waals surface area (Å²) in [6.07, 6.45) is 0.